The van der Waals surface area contributed by atoms with Crippen LogP contribution in [0.4, 0.5) is 0 Å². The molecule has 0 bridgehead atoms. The maximum Gasteiger partial charge on any atom is 0.240 e. The second kappa shape index (κ2) is 8.11. The summed E-state index contributed by atoms with van der Waals surface area (Å²) >= 11 is 0. The van der Waals surface area contributed by atoms with E-state index >= 15 is 0 Å². The molecule has 0 aromatic rings. The first kappa shape index (κ1) is 18.2. The first-order chi connectivity index (χ1) is 10.9. The minimum atomic E-state index is -0.191. The number of carbonyl (C=O) groups excluding carboxylic acids is 2. The van der Waals surface area contributed by atoms with Crippen LogP contribution < -0.4 is 5.32 Å². The van der Waals surface area contributed by atoms with E-state index in [0.717, 1.165) is 52.0 Å². The second-order valence-corrected chi connectivity index (χ2v) is 7.28. The van der Waals surface area contributed by atoms with Crippen LogP contribution in [0, 0.1) is 5.92 Å². The van der Waals surface area contributed by atoms with E-state index in [1.807, 2.05) is 4.90 Å². The lowest BCUT2D eigenvalue weighted by atomic mass is 10.0. The summed E-state index contributed by atoms with van der Waals surface area (Å²) in [5, 5.41) is 2.78. The normalized spacial score (nSPS) is 24.9. The molecule has 6 heteroatoms. The largest absolute Gasteiger partial charge is 0.358 e. The maximum absolute atomic E-state index is 13.0. The summed E-state index contributed by atoms with van der Waals surface area (Å²) in [6, 6.07) is -0.316. The number of hydrogen-bond acceptors (Lipinski definition) is 4. The van der Waals surface area contributed by atoms with Crippen LogP contribution in [0.15, 0.2) is 0 Å². The molecular formula is C17H32N4O2. The Labute approximate surface area is 140 Å². The van der Waals surface area contributed by atoms with E-state index in [1.54, 1.807) is 7.05 Å². The third-order valence-corrected chi connectivity index (χ3v) is 5.04. The van der Waals surface area contributed by atoms with E-state index in [0.29, 0.717) is 5.92 Å². The first-order valence-electron chi connectivity index (χ1n) is 8.88. The van der Waals surface area contributed by atoms with Gasteiger partial charge in [-0.2, -0.15) is 0 Å². The lowest BCUT2D eigenvalue weighted by molar-refractivity contribution is -0.140. The highest BCUT2D eigenvalue weighted by Crippen LogP contribution is 2.25. The van der Waals surface area contributed by atoms with Crippen LogP contribution in [-0.2, 0) is 9.59 Å². The predicted molar refractivity (Wildman–Crippen MR) is 91.1 cm³/mol. The molecule has 6 nitrogen and oxygen atoms in total. The van der Waals surface area contributed by atoms with Crippen molar-refractivity contribution in [1.82, 2.24) is 20.0 Å². The van der Waals surface area contributed by atoms with Crippen LogP contribution in [0.5, 0.6) is 0 Å². The number of piperazine rings is 1. The predicted octanol–water partition coefficient (Wildman–Crippen LogP) is 0.386. The van der Waals surface area contributed by atoms with Gasteiger partial charge in [-0.3, -0.25) is 14.5 Å². The lowest BCUT2D eigenvalue weighted by Gasteiger charge is -2.38. The quantitative estimate of drug-likeness (QED) is 0.795. The van der Waals surface area contributed by atoms with Crippen LogP contribution in [0.25, 0.3) is 0 Å². The Hall–Kier alpha value is -1.14. The lowest BCUT2D eigenvalue weighted by Crippen LogP contribution is -2.56. The van der Waals surface area contributed by atoms with Crippen molar-refractivity contribution < 1.29 is 9.59 Å². The van der Waals surface area contributed by atoms with E-state index in [1.165, 1.54) is 0 Å². The zero-order valence-electron chi connectivity index (χ0n) is 15.0. The van der Waals surface area contributed by atoms with Gasteiger partial charge >= 0.3 is 0 Å². The molecule has 2 saturated heterocycles. The molecule has 1 N–H and O–H groups in total. The molecule has 2 rings (SSSR count). The average Bonchev–Trinajstić information content (AvgIpc) is 3.01. The Bertz CT molecular complexity index is 419. The van der Waals surface area contributed by atoms with Crippen LogP contribution in [-0.4, -0.2) is 85.4 Å². The number of amides is 2. The molecule has 0 aromatic carbocycles. The van der Waals surface area contributed by atoms with E-state index in [4.69, 9.17) is 0 Å². The fourth-order valence-corrected chi connectivity index (χ4v) is 3.67. The van der Waals surface area contributed by atoms with Crippen LogP contribution in [0.1, 0.15) is 33.1 Å². The molecule has 2 heterocycles. The van der Waals surface area contributed by atoms with Gasteiger partial charge in [-0.05, 0) is 38.8 Å². The molecule has 0 radical (unpaired) electrons. The van der Waals surface area contributed by atoms with Crippen molar-refractivity contribution >= 4 is 11.8 Å². The smallest absolute Gasteiger partial charge is 0.240 e. The zero-order valence-corrected chi connectivity index (χ0v) is 15.0. The Morgan fingerprint density at radius 1 is 1.13 bits per heavy atom. The van der Waals surface area contributed by atoms with Gasteiger partial charge in [0.05, 0.1) is 12.1 Å². The van der Waals surface area contributed by atoms with Gasteiger partial charge < -0.3 is 15.1 Å². The summed E-state index contributed by atoms with van der Waals surface area (Å²) in [5.74, 6) is 0.683. The van der Waals surface area contributed by atoms with Gasteiger partial charge in [-0.15, -0.1) is 0 Å². The van der Waals surface area contributed by atoms with Crippen molar-refractivity contribution in [1.29, 1.82) is 0 Å². The number of likely N-dealkylation sites (tertiary alicyclic amines) is 1. The van der Waals surface area contributed by atoms with Gasteiger partial charge in [0.15, 0.2) is 0 Å². The van der Waals surface area contributed by atoms with Crippen molar-refractivity contribution in [2.45, 2.75) is 45.2 Å². The number of likely N-dealkylation sites (N-methyl/N-ethyl adjacent to an activating group) is 2. The third kappa shape index (κ3) is 4.44. The fraction of sp³-hybridized carbons (Fsp3) is 0.882. The molecule has 23 heavy (non-hydrogen) atoms. The molecular weight excluding hydrogens is 292 g/mol. The van der Waals surface area contributed by atoms with Crippen LogP contribution in [0.3, 0.4) is 0 Å². The van der Waals surface area contributed by atoms with Gasteiger partial charge in [0.1, 0.15) is 0 Å². The second-order valence-electron chi connectivity index (χ2n) is 7.28. The van der Waals surface area contributed by atoms with Crippen LogP contribution >= 0.6 is 0 Å². The van der Waals surface area contributed by atoms with Crippen molar-refractivity contribution in [3.63, 3.8) is 0 Å². The Balaban J connectivity index is 2.07. The number of hydrogen-bond donors (Lipinski definition) is 1. The van der Waals surface area contributed by atoms with Crippen molar-refractivity contribution in [3.8, 4) is 0 Å². The number of nitrogens with one attached hydrogen (secondary N) is 1. The van der Waals surface area contributed by atoms with E-state index in [-0.39, 0.29) is 23.9 Å². The maximum atomic E-state index is 13.0. The zero-order chi connectivity index (χ0) is 17.0. The van der Waals surface area contributed by atoms with E-state index in [9.17, 15) is 9.59 Å². The standard InChI is InChI=1S/C17H32N4O2/c1-13(2)12-15(16(22)18-3)21-7-5-6-14(21)17(23)20-10-8-19(4)9-11-20/h13-15H,5-12H2,1-4H3,(H,18,22)/t14-,15+/m0/s1. The van der Waals surface area contributed by atoms with Gasteiger partial charge in [-0.25, -0.2) is 0 Å². The van der Waals surface area contributed by atoms with E-state index < -0.39 is 0 Å². The first-order valence-corrected chi connectivity index (χ1v) is 8.88. The molecule has 2 amide bonds. The number of carbonyl (C=O) groups is 2. The highest BCUT2D eigenvalue weighted by molar-refractivity contribution is 5.85. The summed E-state index contributed by atoms with van der Waals surface area (Å²) in [6.45, 7) is 8.57. The van der Waals surface area contributed by atoms with Gasteiger partial charge in [0.25, 0.3) is 0 Å². The van der Waals surface area contributed by atoms with Gasteiger partial charge in [-0.1, -0.05) is 13.8 Å². The average molecular weight is 324 g/mol. The highest BCUT2D eigenvalue weighted by Gasteiger charge is 2.40. The molecule has 0 aliphatic carbocycles. The Kier molecular flexibility index (Phi) is 6.41. The highest BCUT2D eigenvalue weighted by atomic mass is 16.2. The molecule has 0 saturated carbocycles. The van der Waals surface area contributed by atoms with Crippen molar-refractivity contribution in [2.24, 2.45) is 5.92 Å². The molecule has 2 aliphatic heterocycles. The van der Waals surface area contributed by atoms with Gasteiger partial charge in [0.2, 0.25) is 11.8 Å². The summed E-state index contributed by atoms with van der Waals surface area (Å²) in [6.07, 6.45) is 2.67. The molecule has 0 aromatic heterocycles. The summed E-state index contributed by atoms with van der Waals surface area (Å²) < 4.78 is 0. The number of nitrogens with zero attached hydrogens (tertiary/aromatic N) is 3. The van der Waals surface area contributed by atoms with Gasteiger partial charge in [0, 0.05) is 33.2 Å². The molecule has 2 aliphatic rings. The van der Waals surface area contributed by atoms with Crippen molar-refractivity contribution in [3.05, 3.63) is 0 Å². The molecule has 0 unspecified atom stereocenters. The monoisotopic (exact) mass is 324 g/mol. The summed E-state index contributed by atoms with van der Waals surface area (Å²) in [7, 11) is 3.77. The Morgan fingerprint density at radius 2 is 1.78 bits per heavy atom. The van der Waals surface area contributed by atoms with Crippen molar-refractivity contribution in [2.75, 3.05) is 46.8 Å². The summed E-state index contributed by atoms with van der Waals surface area (Å²) in [5.41, 5.74) is 0. The van der Waals surface area contributed by atoms with E-state index in [2.05, 4.69) is 36.0 Å². The molecule has 132 valence electrons. The molecule has 2 fully saturated rings. The molecule has 2 atom stereocenters. The third-order valence-electron chi connectivity index (χ3n) is 5.04. The fourth-order valence-electron chi connectivity index (χ4n) is 3.67. The minimum absolute atomic E-state index is 0.0387. The summed E-state index contributed by atoms with van der Waals surface area (Å²) in [4.78, 5) is 31.7. The topological polar surface area (TPSA) is 55.9 Å². The number of rotatable bonds is 5. The Morgan fingerprint density at radius 3 is 2.35 bits per heavy atom. The van der Waals surface area contributed by atoms with Crippen LogP contribution in [0.2, 0.25) is 0 Å². The SMILES string of the molecule is CNC(=O)[C@@H](CC(C)C)N1CCC[C@H]1C(=O)N1CCN(C)CC1. The molecule has 0 spiro atoms. The minimum Gasteiger partial charge on any atom is -0.358 e.